The Labute approximate surface area is 117 Å². The number of hydrogen-bond acceptors (Lipinski definition) is 3. The van der Waals surface area contributed by atoms with Crippen molar-refractivity contribution in [3.63, 3.8) is 0 Å². The van der Waals surface area contributed by atoms with Crippen molar-refractivity contribution in [2.45, 2.75) is 58.2 Å². The quantitative estimate of drug-likeness (QED) is 0.766. The molecule has 2 rings (SSSR count). The minimum atomic E-state index is 0.603. The number of nitrogens with zero attached hydrogens (tertiary/aromatic N) is 3. The summed E-state index contributed by atoms with van der Waals surface area (Å²) in [5, 5.41) is 3.67. The summed E-state index contributed by atoms with van der Waals surface area (Å²) in [7, 11) is 0. The van der Waals surface area contributed by atoms with Crippen molar-refractivity contribution < 1.29 is 0 Å². The fraction of sp³-hybridized carbons (Fsp3) is 0.800. The zero-order valence-corrected chi connectivity index (χ0v) is 12.4. The van der Waals surface area contributed by atoms with Gasteiger partial charge in [0.1, 0.15) is 0 Å². The lowest BCUT2D eigenvalue weighted by Gasteiger charge is -2.34. The second-order valence-electron chi connectivity index (χ2n) is 5.97. The normalized spacial score (nSPS) is 21.1. The monoisotopic (exact) mass is 264 g/mol. The lowest BCUT2D eigenvalue weighted by molar-refractivity contribution is 0.182. The van der Waals surface area contributed by atoms with Crippen molar-refractivity contribution in [3.8, 4) is 0 Å². The molecule has 1 aromatic heterocycles. The molecule has 4 nitrogen and oxygen atoms in total. The van der Waals surface area contributed by atoms with E-state index in [1.807, 2.05) is 18.7 Å². The summed E-state index contributed by atoms with van der Waals surface area (Å²) in [6.07, 6.45) is 11.0. The predicted octanol–water partition coefficient (Wildman–Crippen LogP) is 2.13. The summed E-state index contributed by atoms with van der Waals surface area (Å²) in [5.41, 5.74) is 0. The molecule has 1 aliphatic heterocycles. The molecular weight excluding hydrogens is 236 g/mol. The van der Waals surface area contributed by atoms with Gasteiger partial charge in [-0.05, 0) is 38.8 Å². The van der Waals surface area contributed by atoms with Gasteiger partial charge in [-0.1, -0.05) is 13.8 Å². The van der Waals surface area contributed by atoms with Crippen LogP contribution in [0, 0.1) is 0 Å². The molecule has 4 heteroatoms. The zero-order valence-electron chi connectivity index (χ0n) is 12.4. The molecular formula is C15H28N4. The van der Waals surface area contributed by atoms with Gasteiger partial charge in [0.25, 0.3) is 0 Å². The maximum atomic E-state index is 4.07. The van der Waals surface area contributed by atoms with Crippen LogP contribution in [0.2, 0.25) is 0 Å². The molecule has 1 unspecified atom stereocenters. The summed E-state index contributed by atoms with van der Waals surface area (Å²) in [4.78, 5) is 6.69. The standard InChI is InChI=1S/C15H28N4/c1-14(2)17-15-6-5-10-18(12-15)8-3-4-9-19-11-7-16-13-19/h7,11,13-15,17H,3-6,8-10,12H2,1-2H3. The molecule has 1 atom stereocenters. The average molecular weight is 264 g/mol. The van der Waals surface area contributed by atoms with E-state index in [0.29, 0.717) is 12.1 Å². The highest BCUT2D eigenvalue weighted by Gasteiger charge is 2.19. The molecule has 0 saturated carbocycles. The van der Waals surface area contributed by atoms with Crippen LogP contribution in [0.25, 0.3) is 0 Å². The first-order chi connectivity index (χ1) is 9.24. The van der Waals surface area contributed by atoms with Crippen molar-refractivity contribution in [1.82, 2.24) is 19.8 Å². The highest BCUT2D eigenvalue weighted by Crippen LogP contribution is 2.11. The number of aryl methyl sites for hydroxylation is 1. The van der Waals surface area contributed by atoms with E-state index in [4.69, 9.17) is 0 Å². The summed E-state index contributed by atoms with van der Waals surface area (Å²) in [6, 6.07) is 1.30. The largest absolute Gasteiger partial charge is 0.337 e. The van der Waals surface area contributed by atoms with Crippen LogP contribution in [-0.2, 0) is 6.54 Å². The fourth-order valence-electron chi connectivity index (χ4n) is 2.91. The van der Waals surface area contributed by atoms with Crippen LogP contribution in [-0.4, -0.2) is 46.2 Å². The van der Waals surface area contributed by atoms with E-state index in [-0.39, 0.29) is 0 Å². The molecule has 1 N–H and O–H groups in total. The number of aromatic nitrogens is 2. The lowest BCUT2D eigenvalue weighted by Crippen LogP contribution is -2.47. The van der Waals surface area contributed by atoms with Crippen LogP contribution in [0.5, 0.6) is 0 Å². The van der Waals surface area contributed by atoms with Gasteiger partial charge in [-0.25, -0.2) is 4.98 Å². The Hall–Kier alpha value is -0.870. The van der Waals surface area contributed by atoms with Crippen LogP contribution in [0.3, 0.4) is 0 Å². The van der Waals surface area contributed by atoms with Gasteiger partial charge in [-0.2, -0.15) is 0 Å². The maximum Gasteiger partial charge on any atom is 0.0945 e. The Kier molecular flexibility index (Phi) is 5.86. The summed E-state index contributed by atoms with van der Waals surface area (Å²) in [5.74, 6) is 0. The lowest BCUT2D eigenvalue weighted by atomic mass is 10.0. The van der Waals surface area contributed by atoms with Crippen molar-refractivity contribution in [2.24, 2.45) is 0 Å². The van der Waals surface area contributed by atoms with E-state index in [1.54, 1.807) is 0 Å². The highest BCUT2D eigenvalue weighted by atomic mass is 15.2. The van der Waals surface area contributed by atoms with Gasteiger partial charge >= 0.3 is 0 Å². The molecule has 0 amide bonds. The molecule has 0 radical (unpaired) electrons. The summed E-state index contributed by atoms with van der Waals surface area (Å²) >= 11 is 0. The fourth-order valence-corrected chi connectivity index (χ4v) is 2.91. The third-order valence-electron chi connectivity index (χ3n) is 3.77. The molecule has 1 aromatic rings. The average Bonchev–Trinajstić information content (AvgIpc) is 2.87. The van der Waals surface area contributed by atoms with Gasteiger partial charge in [0.15, 0.2) is 0 Å². The van der Waals surface area contributed by atoms with Gasteiger partial charge in [-0.3, -0.25) is 0 Å². The molecule has 0 bridgehead atoms. The third kappa shape index (κ3) is 5.33. The summed E-state index contributed by atoms with van der Waals surface area (Å²) in [6.45, 7) is 9.32. The molecule has 19 heavy (non-hydrogen) atoms. The van der Waals surface area contributed by atoms with Gasteiger partial charge in [0, 0.05) is 37.6 Å². The first-order valence-corrected chi connectivity index (χ1v) is 7.68. The van der Waals surface area contributed by atoms with E-state index in [9.17, 15) is 0 Å². The molecule has 1 fully saturated rings. The van der Waals surface area contributed by atoms with Gasteiger partial charge in [-0.15, -0.1) is 0 Å². The summed E-state index contributed by atoms with van der Waals surface area (Å²) < 4.78 is 2.17. The zero-order chi connectivity index (χ0) is 13.5. The number of rotatable bonds is 7. The van der Waals surface area contributed by atoms with Gasteiger partial charge < -0.3 is 14.8 Å². The predicted molar refractivity (Wildman–Crippen MR) is 79.2 cm³/mol. The molecule has 0 aromatic carbocycles. The van der Waals surface area contributed by atoms with E-state index in [1.165, 1.54) is 45.3 Å². The second-order valence-corrected chi connectivity index (χ2v) is 5.97. The number of hydrogen-bond donors (Lipinski definition) is 1. The molecule has 1 aliphatic rings. The molecule has 108 valence electrons. The number of unbranched alkanes of at least 4 members (excludes halogenated alkanes) is 1. The van der Waals surface area contributed by atoms with Crippen LogP contribution in [0.4, 0.5) is 0 Å². The Bertz CT molecular complexity index is 334. The SMILES string of the molecule is CC(C)NC1CCCN(CCCCn2ccnc2)C1. The van der Waals surface area contributed by atoms with E-state index in [0.717, 1.165) is 6.54 Å². The van der Waals surface area contributed by atoms with Crippen molar-refractivity contribution in [1.29, 1.82) is 0 Å². The number of likely N-dealkylation sites (tertiary alicyclic amines) is 1. The van der Waals surface area contributed by atoms with E-state index >= 15 is 0 Å². The topological polar surface area (TPSA) is 33.1 Å². The van der Waals surface area contributed by atoms with Gasteiger partial charge in [0.05, 0.1) is 6.33 Å². The Morgan fingerprint density at radius 1 is 1.32 bits per heavy atom. The van der Waals surface area contributed by atoms with E-state index in [2.05, 4.69) is 33.6 Å². The second kappa shape index (κ2) is 7.65. The van der Waals surface area contributed by atoms with Crippen LogP contribution >= 0.6 is 0 Å². The van der Waals surface area contributed by atoms with Crippen molar-refractivity contribution in [3.05, 3.63) is 18.7 Å². The molecule has 2 heterocycles. The van der Waals surface area contributed by atoms with Crippen LogP contribution in [0.15, 0.2) is 18.7 Å². The first kappa shape index (κ1) is 14.5. The van der Waals surface area contributed by atoms with E-state index < -0.39 is 0 Å². The first-order valence-electron chi connectivity index (χ1n) is 7.68. The van der Waals surface area contributed by atoms with Crippen LogP contribution in [0.1, 0.15) is 39.5 Å². The van der Waals surface area contributed by atoms with Crippen molar-refractivity contribution >= 4 is 0 Å². The minimum absolute atomic E-state index is 0.603. The highest BCUT2D eigenvalue weighted by molar-refractivity contribution is 4.79. The van der Waals surface area contributed by atoms with Gasteiger partial charge in [0.2, 0.25) is 0 Å². The smallest absolute Gasteiger partial charge is 0.0945 e. The van der Waals surface area contributed by atoms with Crippen molar-refractivity contribution in [2.75, 3.05) is 19.6 Å². The Balaban J connectivity index is 1.60. The molecule has 1 saturated heterocycles. The number of piperidine rings is 1. The van der Waals surface area contributed by atoms with Crippen LogP contribution < -0.4 is 5.32 Å². The Morgan fingerprint density at radius 3 is 2.89 bits per heavy atom. The minimum Gasteiger partial charge on any atom is -0.337 e. The number of imidazole rings is 1. The third-order valence-corrected chi connectivity index (χ3v) is 3.77. The molecule has 0 spiro atoms. The number of nitrogens with one attached hydrogen (secondary N) is 1. The Morgan fingerprint density at radius 2 is 2.16 bits per heavy atom. The maximum absolute atomic E-state index is 4.07. The molecule has 0 aliphatic carbocycles.